The molecule has 3 heterocycles. The maximum atomic E-state index is 15.1. The second-order valence-corrected chi connectivity index (χ2v) is 14.8. The Bertz CT molecular complexity index is 1820. The zero-order valence-electron chi connectivity index (χ0n) is 31.4. The first-order valence-electron chi connectivity index (χ1n) is 17.3. The van der Waals surface area contributed by atoms with E-state index in [-0.39, 0.29) is 17.7 Å². The topological polar surface area (TPSA) is 264 Å². The smallest absolute Gasteiger partial charge is 0.340 e. The van der Waals surface area contributed by atoms with Crippen LogP contribution >= 0.6 is 0 Å². The van der Waals surface area contributed by atoms with Gasteiger partial charge < -0.3 is 48.1 Å². The summed E-state index contributed by atoms with van der Waals surface area (Å²) >= 11 is 0. The van der Waals surface area contributed by atoms with E-state index in [9.17, 15) is 43.8 Å². The second kappa shape index (κ2) is 14.2. The second-order valence-electron chi connectivity index (χ2n) is 14.8. The third-order valence-corrected chi connectivity index (χ3v) is 10.7. The van der Waals surface area contributed by atoms with Crippen LogP contribution in [0.2, 0.25) is 0 Å². The average molecular weight is 778 g/mol. The fourth-order valence-electron chi connectivity index (χ4n) is 8.60. The zero-order chi connectivity index (χ0) is 41.1. The molecule has 19 nitrogen and oxygen atoms in total. The lowest BCUT2D eigenvalue weighted by Gasteiger charge is -2.66. The van der Waals surface area contributed by atoms with E-state index in [0.29, 0.717) is 0 Å². The summed E-state index contributed by atoms with van der Waals surface area (Å²) in [4.78, 5) is 112. The molecule has 55 heavy (non-hydrogen) atoms. The lowest BCUT2D eigenvalue weighted by atomic mass is 9.45. The van der Waals surface area contributed by atoms with Gasteiger partial charge in [0.1, 0.15) is 35.9 Å². The number of pyridine rings is 1. The van der Waals surface area contributed by atoms with Gasteiger partial charge in [-0.25, -0.2) is 9.59 Å². The Labute approximate surface area is 314 Å². The van der Waals surface area contributed by atoms with Crippen LogP contribution in [0.3, 0.4) is 0 Å². The van der Waals surface area contributed by atoms with E-state index in [1.54, 1.807) is 0 Å². The lowest BCUT2D eigenvalue weighted by molar-refractivity contribution is -0.377. The normalized spacial score (nSPS) is 38.2. The molecule has 2 N–H and O–H groups in total. The van der Waals surface area contributed by atoms with E-state index in [1.165, 1.54) is 25.3 Å². The molecule has 300 valence electrons. The number of aryl methyl sites for hydroxylation is 1. The number of aliphatic hydroxyl groups is 2. The highest BCUT2D eigenvalue weighted by Gasteiger charge is 2.91. The summed E-state index contributed by atoms with van der Waals surface area (Å²) in [6.07, 6.45) is -10.1. The van der Waals surface area contributed by atoms with Crippen LogP contribution in [0.5, 0.6) is 0 Å². The van der Waals surface area contributed by atoms with Crippen LogP contribution < -0.4 is 0 Å². The first kappa shape index (κ1) is 41.2. The van der Waals surface area contributed by atoms with Gasteiger partial charge in [-0.1, -0.05) is 0 Å². The van der Waals surface area contributed by atoms with Gasteiger partial charge in [0, 0.05) is 40.8 Å². The minimum atomic E-state index is -2.93. The van der Waals surface area contributed by atoms with Gasteiger partial charge in [-0.2, -0.15) is 0 Å². The minimum Gasteiger partial charge on any atom is -0.465 e. The van der Waals surface area contributed by atoms with E-state index < -0.39 is 131 Å². The van der Waals surface area contributed by atoms with Crippen LogP contribution in [0.1, 0.15) is 77.9 Å². The summed E-state index contributed by atoms with van der Waals surface area (Å²) in [6, 6.07) is 2.79. The Balaban J connectivity index is 1.96. The molecule has 4 bridgehead atoms. The molecule has 11 atom stereocenters. The van der Waals surface area contributed by atoms with Crippen molar-refractivity contribution in [3.63, 3.8) is 0 Å². The predicted octanol–water partition coefficient (Wildman–Crippen LogP) is -0.385. The minimum absolute atomic E-state index is 0.0907. The molecule has 3 fully saturated rings. The molecule has 19 heteroatoms. The fraction of sp³-hybridized carbons (Fsp3) is 0.639. The summed E-state index contributed by atoms with van der Waals surface area (Å²) in [5.74, 6) is -10.8. The number of aromatic nitrogens is 1. The van der Waals surface area contributed by atoms with Crippen molar-refractivity contribution in [3.05, 3.63) is 29.6 Å². The van der Waals surface area contributed by atoms with Crippen LogP contribution in [0.4, 0.5) is 0 Å². The first-order valence-corrected chi connectivity index (χ1v) is 17.3. The van der Waals surface area contributed by atoms with Crippen molar-refractivity contribution in [3.8, 4) is 0 Å². The highest BCUT2D eigenvalue weighted by atomic mass is 16.7. The lowest BCUT2D eigenvalue weighted by Crippen LogP contribution is -2.88. The van der Waals surface area contributed by atoms with Gasteiger partial charge in [0.25, 0.3) is 0 Å². The summed E-state index contributed by atoms with van der Waals surface area (Å²) in [5.41, 5.74) is -13.1. The molecule has 0 amide bonds. The van der Waals surface area contributed by atoms with Gasteiger partial charge in [-0.15, -0.1) is 0 Å². The first-order chi connectivity index (χ1) is 25.5. The van der Waals surface area contributed by atoms with E-state index >= 15 is 4.79 Å². The van der Waals surface area contributed by atoms with Crippen molar-refractivity contribution in [1.29, 1.82) is 0 Å². The van der Waals surface area contributed by atoms with Crippen LogP contribution in [-0.4, -0.2) is 129 Å². The van der Waals surface area contributed by atoms with Crippen molar-refractivity contribution >= 4 is 47.6 Å². The molecule has 2 aliphatic heterocycles. The van der Waals surface area contributed by atoms with Gasteiger partial charge in [0.15, 0.2) is 41.4 Å². The van der Waals surface area contributed by atoms with Gasteiger partial charge in [-0.3, -0.25) is 33.8 Å². The van der Waals surface area contributed by atoms with E-state index in [1.807, 2.05) is 0 Å². The summed E-state index contributed by atoms with van der Waals surface area (Å²) < 4.78 is 46.8. The number of cyclic esters (lactones) is 1. The Kier molecular flexibility index (Phi) is 10.7. The molecule has 1 aromatic rings. The molecule has 5 rings (SSSR count). The predicted molar refractivity (Wildman–Crippen MR) is 176 cm³/mol. The van der Waals surface area contributed by atoms with Crippen molar-refractivity contribution < 1.29 is 86.5 Å². The highest BCUT2D eigenvalue weighted by Crippen LogP contribution is 2.69. The van der Waals surface area contributed by atoms with Gasteiger partial charge in [0.05, 0.1) is 17.2 Å². The number of Topliss-reactive ketones (excluding diaryl/α,β-unsaturated/α-hetero) is 1. The van der Waals surface area contributed by atoms with Crippen molar-refractivity contribution in [2.45, 2.75) is 121 Å². The monoisotopic (exact) mass is 777 g/mol. The van der Waals surface area contributed by atoms with Crippen LogP contribution in [-0.2, 0) is 77.9 Å². The number of hydrogen-bond donors (Lipinski definition) is 2. The molecule has 1 unspecified atom stereocenters. The zero-order valence-corrected chi connectivity index (χ0v) is 31.4. The van der Waals surface area contributed by atoms with Gasteiger partial charge in [0.2, 0.25) is 0 Å². The molecule has 0 aromatic carbocycles. The Morgan fingerprint density at radius 2 is 1.45 bits per heavy atom. The highest BCUT2D eigenvalue weighted by molar-refractivity contribution is 5.94. The Morgan fingerprint density at radius 1 is 0.855 bits per heavy atom. The molecule has 1 saturated heterocycles. The number of ether oxygens (including phenoxy) is 8. The number of carbonyl (C=O) groups is 8. The summed E-state index contributed by atoms with van der Waals surface area (Å²) in [5, 5.41) is 24.7. The maximum absolute atomic E-state index is 15.1. The largest absolute Gasteiger partial charge is 0.465 e. The van der Waals surface area contributed by atoms with Crippen LogP contribution in [0, 0.1) is 11.3 Å². The molecule has 2 aliphatic carbocycles. The van der Waals surface area contributed by atoms with Crippen molar-refractivity contribution in [2.24, 2.45) is 11.3 Å². The molecule has 1 spiro atoms. The van der Waals surface area contributed by atoms with Gasteiger partial charge in [-0.05, 0) is 45.7 Å². The average Bonchev–Trinajstić information content (AvgIpc) is 3.30. The maximum Gasteiger partial charge on any atom is 0.340 e. The van der Waals surface area contributed by atoms with Crippen molar-refractivity contribution in [2.75, 3.05) is 13.2 Å². The SMILES string of the molecule is CC(=O)OC[C@]12[C@H](OC(C)=O)C(=O)[C@@H]3[C@@H](OC(C)=O)[C@@]14O[C@@]3(C)COC(=O)c1cccnc1CCC(C)(O)C(=O)O[C@H]([C@H](OC(C)=O)[C@@H]2OC(C)=O)[C@]4(C)O. The summed E-state index contributed by atoms with van der Waals surface area (Å²) in [7, 11) is 0. The van der Waals surface area contributed by atoms with E-state index in [4.69, 9.17) is 37.9 Å². The number of carbonyl (C=O) groups excluding carboxylic acids is 8. The molecule has 0 radical (unpaired) electrons. The van der Waals surface area contributed by atoms with Crippen LogP contribution in [0.15, 0.2) is 18.3 Å². The number of nitrogens with zero attached hydrogens (tertiary/aromatic N) is 1. The number of hydrogen-bond acceptors (Lipinski definition) is 19. The molecular formula is C36H43NO18. The third-order valence-electron chi connectivity index (χ3n) is 10.7. The van der Waals surface area contributed by atoms with E-state index in [2.05, 4.69) is 4.98 Å². The number of fused-ring (bicyclic) bond motifs is 5. The Hall–Kier alpha value is -5.01. The molecule has 1 aromatic heterocycles. The number of ketones is 1. The number of esters is 7. The standard InChI is InChI=1S/C36H43NO18/c1-16(38)48-15-35-27(52-19(4)41)24(43)23-26(51-18(3)40)36(35)34(8,47)28(25(50-17(2)39)29(35)53-20(5)42)54-31(45)32(6,46)12-11-22-21(10-9-13-37-22)30(44)49-14-33(23,7)55-36/h9-10,13,23,25-29,46-47H,11-12,14-15H2,1-8H3/t23-,25+,26-,27-,28-,29+,32?,33+,34+,35-,36+/m1/s1. The van der Waals surface area contributed by atoms with E-state index in [0.717, 1.165) is 48.5 Å². The van der Waals surface area contributed by atoms with Gasteiger partial charge >= 0.3 is 41.8 Å². The molecule has 2 saturated carbocycles. The van der Waals surface area contributed by atoms with Crippen molar-refractivity contribution in [1.82, 2.24) is 4.98 Å². The fourth-order valence-corrected chi connectivity index (χ4v) is 8.60. The summed E-state index contributed by atoms with van der Waals surface area (Å²) in [6.45, 7) is 6.04. The molecule has 4 aliphatic rings. The third kappa shape index (κ3) is 6.60. The Morgan fingerprint density at radius 3 is 2.04 bits per heavy atom. The van der Waals surface area contributed by atoms with Crippen LogP contribution in [0.25, 0.3) is 0 Å². The quantitative estimate of drug-likeness (QED) is 0.275. The number of rotatable bonds is 6. The molecular weight excluding hydrogens is 734 g/mol.